The van der Waals surface area contributed by atoms with Gasteiger partial charge in [0.1, 0.15) is 5.82 Å². The molecule has 3 rings (SSSR count). The second-order valence-electron chi connectivity index (χ2n) is 5.89. The molecule has 1 unspecified atom stereocenters. The molecule has 1 aromatic carbocycles. The van der Waals surface area contributed by atoms with E-state index in [-0.39, 0.29) is 12.5 Å². The summed E-state index contributed by atoms with van der Waals surface area (Å²) in [6, 6.07) is 7.70. The smallest absolute Gasteiger partial charge is 0.223 e. The number of carbonyl (C=O) groups is 1. The van der Waals surface area contributed by atoms with Crippen LogP contribution in [0.4, 0.5) is 0 Å². The minimum absolute atomic E-state index is 0.0567. The molecule has 1 aliphatic heterocycles. The van der Waals surface area contributed by atoms with Gasteiger partial charge in [0, 0.05) is 25.9 Å². The van der Waals surface area contributed by atoms with Crippen molar-refractivity contribution < 1.29 is 13.2 Å². The molecule has 1 atom stereocenters. The van der Waals surface area contributed by atoms with E-state index in [0.717, 1.165) is 16.9 Å². The van der Waals surface area contributed by atoms with Crippen molar-refractivity contribution in [3.05, 3.63) is 30.1 Å². The summed E-state index contributed by atoms with van der Waals surface area (Å²) in [5.41, 5.74) is 1.82. The Morgan fingerprint density at radius 1 is 1.39 bits per heavy atom. The van der Waals surface area contributed by atoms with Crippen LogP contribution in [0.1, 0.15) is 25.1 Å². The van der Waals surface area contributed by atoms with Crippen molar-refractivity contribution in [2.45, 2.75) is 30.9 Å². The number of hydrogen-bond acceptors (Lipinski definition) is 4. The second kappa shape index (κ2) is 6.29. The highest BCUT2D eigenvalue weighted by molar-refractivity contribution is 7.89. The molecule has 0 spiro atoms. The molecule has 1 aromatic heterocycles. The van der Waals surface area contributed by atoms with E-state index in [2.05, 4.69) is 9.97 Å². The Morgan fingerprint density at radius 2 is 2.17 bits per heavy atom. The van der Waals surface area contributed by atoms with E-state index in [1.54, 1.807) is 4.90 Å². The van der Waals surface area contributed by atoms with Crippen molar-refractivity contribution in [2.75, 3.05) is 13.1 Å². The normalized spacial score (nSPS) is 19.2. The number of para-hydroxylation sites is 2. The van der Waals surface area contributed by atoms with E-state index in [1.807, 2.05) is 24.3 Å². The van der Waals surface area contributed by atoms with Gasteiger partial charge in [-0.1, -0.05) is 12.1 Å². The standard InChI is InChI=1S/C15H20N4O3S/c16-23(21,22)11-4-3-9-19(10-11)15(20)8-7-14-17-12-5-1-2-6-13(12)18-14/h1-2,5-6,11H,3-4,7-10H2,(H,17,18)(H2,16,21,22). The minimum atomic E-state index is -3.59. The first kappa shape index (κ1) is 15.9. The highest BCUT2D eigenvalue weighted by atomic mass is 32.2. The van der Waals surface area contributed by atoms with Crippen LogP contribution in [0.25, 0.3) is 11.0 Å². The number of rotatable bonds is 4. The van der Waals surface area contributed by atoms with Crippen LogP contribution < -0.4 is 5.14 Å². The third kappa shape index (κ3) is 3.70. The molecule has 1 fully saturated rings. The van der Waals surface area contributed by atoms with E-state index < -0.39 is 15.3 Å². The Hall–Kier alpha value is -1.93. The van der Waals surface area contributed by atoms with Crippen molar-refractivity contribution in [3.8, 4) is 0 Å². The molecule has 1 amide bonds. The van der Waals surface area contributed by atoms with E-state index >= 15 is 0 Å². The molecule has 0 aliphatic carbocycles. The Balaban J connectivity index is 1.60. The Kier molecular flexibility index (Phi) is 4.36. The van der Waals surface area contributed by atoms with Crippen LogP contribution in [0.3, 0.4) is 0 Å². The summed E-state index contributed by atoms with van der Waals surface area (Å²) in [7, 11) is -3.59. The number of aromatic amines is 1. The van der Waals surface area contributed by atoms with Crippen LogP contribution in [0, 0.1) is 0 Å². The van der Waals surface area contributed by atoms with Crippen LogP contribution in [-0.4, -0.2) is 47.5 Å². The third-order valence-electron chi connectivity index (χ3n) is 4.21. The number of nitrogens with one attached hydrogen (secondary N) is 1. The molecule has 2 heterocycles. The Bertz CT molecular complexity index is 782. The zero-order valence-electron chi connectivity index (χ0n) is 12.7. The fourth-order valence-corrected chi connectivity index (χ4v) is 3.82. The third-order valence-corrected chi connectivity index (χ3v) is 5.52. The predicted octanol–water partition coefficient (Wildman–Crippen LogP) is 0.775. The van der Waals surface area contributed by atoms with Crippen LogP contribution in [0.15, 0.2) is 24.3 Å². The van der Waals surface area contributed by atoms with Gasteiger partial charge in [-0.05, 0) is 25.0 Å². The summed E-state index contributed by atoms with van der Waals surface area (Å²) in [5, 5.41) is 4.55. The number of H-pyrrole nitrogens is 1. The average molecular weight is 336 g/mol. The number of carbonyl (C=O) groups excluding carboxylic acids is 1. The summed E-state index contributed by atoms with van der Waals surface area (Å²) in [4.78, 5) is 21.5. The number of fused-ring (bicyclic) bond motifs is 1. The van der Waals surface area contributed by atoms with E-state index in [9.17, 15) is 13.2 Å². The Labute approximate surface area is 134 Å². The van der Waals surface area contributed by atoms with E-state index in [0.29, 0.717) is 32.2 Å². The molecule has 1 saturated heterocycles. The number of amides is 1. The Morgan fingerprint density at radius 3 is 2.91 bits per heavy atom. The van der Waals surface area contributed by atoms with Crippen LogP contribution in [0.5, 0.6) is 0 Å². The quantitative estimate of drug-likeness (QED) is 0.859. The van der Waals surface area contributed by atoms with Gasteiger partial charge in [0.05, 0.1) is 16.3 Å². The number of primary sulfonamides is 1. The summed E-state index contributed by atoms with van der Waals surface area (Å²) < 4.78 is 22.9. The molecule has 0 bridgehead atoms. The maximum atomic E-state index is 12.3. The molecule has 23 heavy (non-hydrogen) atoms. The largest absolute Gasteiger partial charge is 0.342 e. The predicted molar refractivity (Wildman–Crippen MR) is 87.1 cm³/mol. The number of aromatic nitrogens is 2. The maximum Gasteiger partial charge on any atom is 0.223 e. The monoisotopic (exact) mass is 336 g/mol. The van der Waals surface area contributed by atoms with Gasteiger partial charge >= 0.3 is 0 Å². The van der Waals surface area contributed by atoms with Crippen LogP contribution in [-0.2, 0) is 21.2 Å². The average Bonchev–Trinajstić information content (AvgIpc) is 2.95. The molecule has 2 aromatic rings. The van der Waals surface area contributed by atoms with Gasteiger partial charge in [-0.15, -0.1) is 0 Å². The first-order valence-corrected chi connectivity index (χ1v) is 9.27. The maximum absolute atomic E-state index is 12.3. The fraction of sp³-hybridized carbons (Fsp3) is 0.467. The minimum Gasteiger partial charge on any atom is -0.342 e. The SMILES string of the molecule is NS(=O)(=O)C1CCCN(C(=O)CCc2nc3ccccc3[nH]2)C1. The molecule has 8 heteroatoms. The number of aryl methyl sites for hydroxylation is 1. The number of nitrogens with two attached hydrogens (primary N) is 1. The van der Waals surface area contributed by atoms with E-state index in [4.69, 9.17) is 5.14 Å². The zero-order chi connectivity index (χ0) is 16.4. The van der Waals surface area contributed by atoms with Gasteiger partial charge in [0.25, 0.3) is 0 Å². The zero-order valence-corrected chi connectivity index (χ0v) is 13.6. The van der Waals surface area contributed by atoms with Crippen LogP contribution >= 0.6 is 0 Å². The lowest BCUT2D eigenvalue weighted by molar-refractivity contribution is -0.131. The van der Waals surface area contributed by atoms with Gasteiger partial charge in [-0.25, -0.2) is 18.5 Å². The molecule has 0 radical (unpaired) electrons. The van der Waals surface area contributed by atoms with E-state index in [1.165, 1.54) is 0 Å². The van der Waals surface area contributed by atoms with Gasteiger partial charge in [0.2, 0.25) is 15.9 Å². The lowest BCUT2D eigenvalue weighted by atomic mass is 10.1. The fourth-order valence-electron chi connectivity index (χ4n) is 2.94. The van der Waals surface area contributed by atoms with Crippen molar-refractivity contribution in [3.63, 3.8) is 0 Å². The molecule has 7 nitrogen and oxygen atoms in total. The molecular weight excluding hydrogens is 316 g/mol. The lowest BCUT2D eigenvalue weighted by Gasteiger charge is -2.31. The van der Waals surface area contributed by atoms with Crippen LogP contribution in [0.2, 0.25) is 0 Å². The molecule has 3 N–H and O–H groups in total. The number of piperidine rings is 1. The lowest BCUT2D eigenvalue weighted by Crippen LogP contribution is -2.47. The summed E-state index contributed by atoms with van der Waals surface area (Å²) in [6.07, 6.45) is 1.99. The van der Waals surface area contributed by atoms with Gasteiger partial charge in [0.15, 0.2) is 0 Å². The number of nitrogens with zero attached hydrogens (tertiary/aromatic N) is 2. The summed E-state index contributed by atoms with van der Waals surface area (Å²) >= 11 is 0. The number of hydrogen-bond donors (Lipinski definition) is 2. The topological polar surface area (TPSA) is 109 Å². The molecule has 1 aliphatic rings. The summed E-state index contributed by atoms with van der Waals surface area (Å²) in [5.74, 6) is 0.707. The van der Waals surface area contributed by atoms with Gasteiger partial charge < -0.3 is 9.88 Å². The number of imidazole rings is 1. The highest BCUT2D eigenvalue weighted by Crippen LogP contribution is 2.17. The van der Waals surface area contributed by atoms with Gasteiger partial charge in [-0.2, -0.15) is 0 Å². The van der Waals surface area contributed by atoms with Crippen molar-refractivity contribution in [2.24, 2.45) is 5.14 Å². The highest BCUT2D eigenvalue weighted by Gasteiger charge is 2.30. The van der Waals surface area contributed by atoms with Crippen molar-refractivity contribution >= 4 is 27.0 Å². The first-order valence-electron chi connectivity index (χ1n) is 7.66. The first-order chi connectivity index (χ1) is 10.9. The molecular formula is C15H20N4O3S. The molecule has 0 saturated carbocycles. The second-order valence-corrected chi connectivity index (χ2v) is 7.74. The summed E-state index contributed by atoms with van der Waals surface area (Å²) in [6.45, 7) is 0.781. The van der Waals surface area contributed by atoms with Crippen molar-refractivity contribution in [1.29, 1.82) is 0 Å². The molecule has 124 valence electrons. The number of sulfonamides is 1. The van der Waals surface area contributed by atoms with Gasteiger partial charge in [-0.3, -0.25) is 4.79 Å². The van der Waals surface area contributed by atoms with Crippen molar-refractivity contribution in [1.82, 2.24) is 14.9 Å². The number of likely N-dealkylation sites (tertiary alicyclic amines) is 1. The number of benzene rings is 1.